The Bertz CT molecular complexity index is 2080. The zero-order chi connectivity index (χ0) is 35.2. The summed E-state index contributed by atoms with van der Waals surface area (Å²) in [5, 5.41) is 2.10. The maximum Gasteiger partial charge on any atom is 0.410 e. The summed E-state index contributed by atoms with van der Waals surface area (Å²) in [6, 6.07) is 18.5. The van der Waals surface area contributed by atoms with Gasteiger partial charge >= 0.3 is 12.2 Å². The van der Waals surface area contributed by atoms with E-state index in [0.29, 0.717) is 13.1 Å². The van der Waals surface area contributed by atoms with Gasteiger partial charge in [-0.3, -0.25) is 14.8 Å². The number of nitrogens with one attached hydrogen (secondary N) is 1. The van der Waals surface area contributed by atoms with Crippen molar-refractivity contribution in [1.82, 2.24) is 19.8 Å². The molecule has 2 atom stereocenters. The summed E-state index contributed by atoms with van der Waals surface area (Å²) in [4.78, 5) is 42.5. The Hall–Kier alpha value is -5.10. The highest BCUT2D eigenvalue weighted by Gasteiger charge is 2.37. The Morgan fingerprint density at radius 2 is 1.42 bits per heavy atom. The van der Waals surface area contributed by atoms with Crippen LogP contribution in [-0.2, 0) is 9.47 Å². The number of carbonyl (C=O) groups is 2. The number of aromatic amines is 1. The monoisotopic (exact) mass is 671 g/mol. The molecule has 4 heterocycles. The van der Waals surface area contributed by atoms with E-state index >= 15 is 0 Å². The van der Waals surface area contributed by atoms with Gasteiger partial charge in [-0.25, -0.2) is 14.6 Å². The molecule has 0 spiro atoms. The number of imidazole rings is 1. The van der Waals surface area contributed by atoms with E-state index in [0.717, 1.165) is 87.7 Å². The molecule has 1 aromatic heterocycles. The lowest BCUT2D eigenvalue weighted by Crippen LogP contribution is -2.43. The van der Waals surface area contributed by atoms with Gasteiger partial charge in [0.15, 0.2) is 0 Å². The van der Waals surface area contributed by atoms with Gasteiger partial charge in [-0.05, 0) is 114 Å². The molecule has 0 radical (unpaired) electrons. The van der Waals surface area contributed by atoms with Crippen LogP contribution in [0.25, 0.3) is 27.4 Å². The first kappa shape index (κ1) is 33.4. The summed E-state index contributed by atoms with van der Waals surface area (Å²) in [7, 11) is 0. The summed E-state index contributed by atoms with van der Waals surface area (Å²) < 4.78 is 11.3. The third kappa shape index (κ3) is 7.11. The standard InChI is InChI=1S/C41H45N5O4/c1-40(2,3)49-38(47)45-21-7-9-34(45)33-24-30(25-42-33)28-16-13-26(14-17-28)11-12-27-15-19-31-29(23-27)18-20-32-36(31)44-37(43-32)35-10-8-22-46(35)39(48)50-41(4,5)6/h13-20,23,25,34-35H,7-10,21-22,24H2,1-6H3,(H,43,44)/t34-,35-/m0/s1. The average Bonchev–Trinajstić information content (AvgIpc) is 3.87. The normalized spacial score (nSPS) is 19.4. The molecule has 0 aliphatic carbocycles. The lowest BCUT2D eigenvalue weighted by Gasteiger charge is -2.28. The van der Waals surface area contributed by atoms with Crippen LogP contribution in [0.15, 0.2) is 65.8 Å². The van der Waals surface area contributed by atoms with Gasteiger partial charge in [-0.1, -0.05) is 36.1 Å². The molecule has 50 heavy (non-hydrogen) atoms. The second-order valence-corrected chi connectivity index (χ2v) is 15.5. The fourth-order valence-electron chi connectivity index (χ4n) is 7.04. The minimum Gasteiger partial charge on any atom is -0.444 e. The number of carbonyl (C=O) groups excluding carboxylic acids is 2. The summed E-state index contributed by atoms with van der Waals surface area (Å²) in [6.07, 6.45) is 5.71. The highest BCUT2D eigenvalue weighted by molar-refractivity contribution is 6.05. The molecule has 9 heteroatoms. The lowest BCUT2D eigenvalue weighted by molar-refractivity contribution is 0.0216. The topological polar surface area (TPSA) is 100 Å². The highest BCUT2D eigenvalue weighted by Crippen LogP contribution is 2.35. The van der Waals surface area contributed by atoms with Gasteiger partial charge in [-0.2, -0.15) is 0 Å². The summed E-state index contributed by atoms with van der Waals surface area (Å²) in [5.41, 5.74) is 5.89. The van der Waals surface area contributed by atoms with E-state index in [2.05, 4.69) is 47.2 Å². The number of H-pyrrole nitrogens is 1. The molecule has 1 N–H and O–H groups in total. The SMILES string of the molecule is CC(C)(C)OC(=O)N1CCC[C@H]1C1=NC=C(c2ccc(C#Cc3ccc4c(ccc5[nH]c([C@@H]6CCCN6C(=O)OC(C)(C)C)nc54)c3)cc2)C1. The van der Waals surface area contributed by atoms with Crippen LogP contribution in [-0.4, -0.2) is 68.0 Å². The van der Waals surface area contributed by atoms with E-state index in [1.165, 1.54) is 0 Å². The first-order valence-electron chi connectivity index (χ1n) is 17.6. The van der Waals surface area contributed by atoms with Crippen molar-refractivity contribution in [3.63, 3.8) is 0 Å². The summed E-state index contributed by atoms with van der Waals surface area (Å²) in [5.74, 6) is 7.44. The molecule has 0 bridgehead atoms. The van der Waals surface area contributed by atoms with Gasteiger partial charge in [0.2, 0.25) is 0 Å². The maximum absolute atomic E-state index is 12.9. The average molecular weight is 672 g/mol. The third-order valence-electron chi connectivity index (χ3n) is 9.31. The second-order valence-electron chi connectivity index (χ2n) is 15.5. The molecule has 7 rings (SSSR count). The van der Waals surface area contributed by atoms with Crippen molar-refractivity contribution in [2.24, 2.45) is 4.99 Å². The highest BCUT2D eigenvalue weighted by atomic mass is 16.6. The lowest BCUT2D eigenvalue weighted by atomic mass is 9.98. The molecule has 2 amide bonds. The van der Waals surface area contributed by atoms with Crippen LogP contribution < -0.4 is 0 Å². The Morgan fingerprint density at radius 3 is 2.10 bits per heavy atom. The van der Waals surface area contributed by atoms with Crippen molar-refractivity contribution in [1.29, 1.82) is 0 Å². The zero-order valence-electron chi connectivity index (χ0n) is 29.8. The Kier molecular flexibility index (Phi) is 8.67. The van der Waals surface area contributed by atoms with Gasteiger partial charge in [0.25, 0.3) is 0 Å². The van der Waals surface area contributed by atoms with Gasteiger partial charge in [0, 0.05) is 47.9 Å². The van der Waals surface area contributed by atoms with Crippen molar-refractivity contribution in [2.75, 3.05) is 13.1 Å². The smallest absolute Gasteiger partial charge is 0.410 e. The number of ether oxygens (including phenoxy) is 2. The van der Waals surface area contributed by atoms with Crippen molar-refractivity contribution in [3.8, 4) is 11.8 Å². The van der Waals surface area contributed by atoms with Crippen LogP contribution in [0.4, 0.5) is 9.59 Å². The fourth-order valence-corrected chi connectivity index (χ4v) is 7.04. The molecule has 0 saturated carbocycles. The molecule has 4 aromatic rings. The largest absolute Gasteiger partial charge is 0.444 e. The second kappa shape index (κ2) is 13.0. The maximum atomic E-state index is 12.9. The van der Waals surface area contributed by atoms with Crippen molar-refractivity contribution < 1.29 is 19.1 Å². The molecule has 3 aliphatic rings. The van der Waals surface area contributed by atoms with Crippen LogP contribution in [0.2, 0.25) is 0 Å². The number of aromatic nitrogens is 2. The van der Waals surface area contributed by atoms with E-state index in [1.807, 2.05) is 76.9 Å². The number of nitrogens with zero attached hydrogens (tertiary/aromatic N) is 4. The molecule has 9 nitrogen and oxygen atoms in total. The Morgan fingerprint density at radius 1 is 0.800 bits per heavy atom. The predicted molar refractivity (Wildman–Crippen MR) is 197 cm³/mol. The molecule has 2 fully saturated rings. The van der Waals surface area contributed by atoms with Crippen molar-refractivity contribution in [3.05, 3.63) is 83.3 Å². The van der Waals surface area contributed by atoms with E-state index in [-0.39, 0.29) is 24.3 Å². The molecular formula is C41H45N5O4. The number of allylic oxidation sites excluding steroid dienone is 1. The number of rotatable bonds is 3. The number of likely N-dealkylation sites (tertiary alicyclic amines) is 2. The number of hydrogen-bond donors (Lipinski definition) is 1. The van der Waals surface area contributed by atoms with Crippen LogP contribution in [0.5, 0.6) is 0 Å². The van der Waals surface area contributed by atoms with E-state index < -0.39 is 11.2 Å². The predicted octanol–water partition coefficient (Wildman–Crippen LogP) is 8.77. The van der Waals surface area contributed by atoms with Crippen LogP contribution in [0, 0.1) is 11.8 Å². The third-order valence-corrected chi connectivity index (χ3v) is 9.31. The molecule has 258 valence electrons. The quantitative estimate of drug-likeness (QED) is 0.220. The van der Waals surface area contributed by atoms with Crippen molar-refractivity contribution >= 4 is 45.3 Å². The molecule has 3 aromatic carbocycles. The Labute approximate surface area is 293 Å². The first-order chi connectivity index (χ1) is 23.8. The number of benzene rings is 3. The minimum atomic E-state index is -0.546. The summed E-state index contributed by atoms with van der Waals surface area (Å²) >= 11 is 0. The van der Waals surface area contributed by atoms with E-state index in [4.69, 9.17) is 19.5 Å². The van der Waals surface area contributed by atoms with Crippen LogP contribution in [0.3, 0.4) is 0 Å². The Balaban J connectivity index is 1.02. The molecule has 2 saturated heterocycles. The zero-order valence-corrected chi connectivity index (χ0v) is 29.8. The van der Waals surface area contributed by atoms with Crippen LogP contribution in [0.1, 0.15) is 102 Å². The first-order valence-corrected chi connectivity index (χ1v) is 17.6. The van der Waals surface area contributed by atoms with Gasteiger partial charge in [0.05, 0.1) is 23.1 Å². The summed E-state index contributed by atoms with van der Waals surface area (Å²) in [6.45, 7) is 12.7. The number of fused-ring (bicyclic) bond motifs is 3. The van der Waals surface area contributed by atoms with E-state index in [9.17, 15) is 9.59 Å². The number of aliphatic imine (C=N–C) groups is 1. The van der Waals surface area contributed by atoms with Gasteiger partial charge in [0.1, 0.15) is 17.0 Å². The van der Waals surface area contributed by atoms with Gasteiger partial charge < -0.3 is 14.5 Å². The molecule has 0 unspecified atom stereocenters. The molecular weight excluding hydrogens is 626 g/mol. The molecule has 3 aliphatic heterocycles. The minimum absolute atomic E-state index is 0.0151. The van der Waals surface area contributed by atoms with Crippen LogP contribution >= 0.6 is 0 Å². The number of amides is 2. The fraction of sp³-hybridized carbons (Fsp3) is 0.415. The van der Waals surface area contributed by atoms with Crippen molar-refractivity contribution in [2.45, 2.75) is 96.9 Å². The van der Waals surface area contributed by atoms with E-state index in [1.54, 1.807) is 4.90 Å². The van der Waals surface area contributed by atoms with Gasteiger partial charge in [-0.15, -0.1) is 0 Å². The number of hydrogen-bond acceptors (Lipinski definition) is 6.